The van der Waals surface area contributed by atoms with Gasteiger partial charge in [-0.3, -0.25) is 4.79 Å². The van der Waals surface area contributed by atoms with Crippen molar-refractivity contribution in [1.29, 1.82) is 0 Å². The predicted octanol–water partition coefficient (Wildman–Crippen LogP) is 3.37. The number of hydrogen-bond acceptors (Lipinski definition) is 4. The summed E-state index contributed by atoms with van der Waals surface area (Å²) in [6, 6.07) is 11.5. The van der Waals surface area contributed by atoms with Gasteiger partial charge in [0.15, 0.2) is 5.78 Å². The van der Waals surface area contributed by atoms with Crippen LogP contribution < -0.4 is 0 Å². The van der Waals surface area contributed by atoms with Gasteiger partial charge in [0.1, 0.15) is 10.7 Å². The van der Waals surface area contributed by atoms with Crippen LogP contribution in [-0.4, -0.2) is 20.5 Å². The van der Waals surface area contributed by atoms with Crippen LogP contribution in [0.1, 0.15) is 26.1 Å². The molecule has 0 bridgehead atoms. The summed E-state index contributed by atoms with van der Waals surface area (Å²) in [5.74, 6) is -0.00145. The summed E-state index contributed by atoms with van der Waals surface area (Å²) in [6.45, 7) is 3.98. The molecule has 0 fully saturated rings. The van der Waals surface area contributed by atoms with E-state index >= 15 is 0 Å². The Hall–Kier alpha value is -2.27. The number of carbonyl (C=O) groups is 1. The SMILES string of the molecule is Cc1nc(CC(=O)c2ccn(-c3ccccc3)n2)sc1C. The van der Waals surface area contributed by atoms with E-state index in [-0.39, 0.29) is 5.78 Å². The van der Waals surface area contributed by atoms with E-state index in [1.54, 1.807) is 28.3 Å². The van der Waals surface area contributed by atoms with E-state index < -0.39 is 0 Å². The van der Waals surface area contributed by atoms with Gasteiger partial charge in [0.25, 0.3) is 0 Å². The lowest BCUT2D eigenvalue weighted by Crippen LogP contribution is -2.05. The summed E-state index contributed by atoms with van der Waals surface area (Å²) < 4.78 is 1.71. The number of rotatable bonds is 4. The number of para-hydroxylation sites is 1. The van der Waals surface area contributed by atoms with Crippen molar-refractivity contribution < 1.29 is 4.79 Å². The van der Waals surface area contributed by atoms with Crippen LogP contribution in [0.3, 0.4) is 0 Å². The number of ketones is 1. The number of thiazole rings is 1. The first kappa shape index (κ1) is 13.7. The highest BCUT2D eigenvalue weighted by Gasteiger charge is 2.14. The lowest BCUT2D eigenvalue weighted by molar-refractivity contribution is 0.0987. The minimum Gasteiger partial charge on any atom is -0.292 e. The Balaban J connectivity index is 1.78. The van der Waals surface area contributed by atoms with Crippen molar-refractivity contribution in [2.75, 3.05) is 0 Å². The van der Waals surface area contributed by atoms with E-state index in [9.17, 15) is 4.79 Å². The molecule has 0 spiro atoms. The summed E-state index contributed by atoms with van der Waals surface area (Å²) in [4.78, 5) is 17.8. The lowest BCUT2D eigenvalue weighted by atomic mass is 10.2. The standard InChI is InChI=1S/C16H15N3OS/c1-11-12(2)21-16(17-11)10-15(20)14-8-9-19(18-14)13-6-4-3-5-7-13/h3-9H,10H2,1-2H3. The third kappa shape index (κ3) is 2.92. The van der Waals surface area contributed by atoms with Crippen molar-refractivity contribution in [3.63, 3.8) is 0 Å². The second kappa shape index (κ2) is 5.61. The zero-order valence-corrected chi connectivity index (χ0v) is 12.7. The maximum absolute atomic E-state index is 12.3. The predicted molar refractivity (Wildman–Crippen MR) is 83.2 cm³/mol. The van der Waals surface area contributed by atoms with Gasteiger partial charge in [0, 0.05) is 11.1 Å². The molecule has 0 N–H and O–H groups in total. The molecular formula is C16H15N3OS. The second-order valence-corrected chi connectivity index (χ2v) is 6.12. The van der Waals surface area contributed by atoms with E-state index in [4.69, 9.17) is 0 Å². The number of nitrogens with zero attached hydrogens (tertiary/aromatic N) is 3. The molecule has 0 aliphatic carbocycles. The Morgan fingerprint density at radius 2 is 1.95 bits per heavy atom. The van der Waals surface area contributed by atoms with Gasteiger partial charge in [0.2, 0.25) is 0 Å². The van der Waals surface area contributed by atoms with E-state index in [2.05, 4.69) is 10.1 Å². The van der Waals surface area contributed by atoms with Crippen molar-refractivity contribution in [1.82, 2.24) is 14.8 Å². The lowest BCUT2D eigenvalue weighted by Gasteiger charge is -1.99. The smallest absolute Gasteiger partial charge is 0.189 e. The number of benzene rings is 1. The number of aryl methyl sites for hydroxylation is 2. The van der Waals surface area contributed by atoms with Gasteiger partial charge < -0.3 is 0 Å². The molecule has 106 valence electrons. The van der Waals surface area contributed by atoms with E-state index in [1.165, 1.54) is 0 Å². The Kier molecular flexibility index (Phi) is 3.66. The molecule has 21 heavy (non-hydrogen) atoms. The molecule has 0 aliphatic rings. The normalized spacial score (nSPS) is 10.8. The maximum atomic E-state index is 12.3. The minimum atomic E-state index is -0.00145. The molecule has 5 heteroatoms. The zero-order chi connectivity index (χ0) is 14.8. The van der Waals surface area contributed by atoms with E-state index in [1.807, 2.05) is 44.2 Å². The molecule has 0 aliphatic heterocycles. The fourth-order valence-corrected chi connectivity index (χ4v) is 2.97. The first-order valence-electron chi connectivity index (χ1n) is 6.70. The van der Waals surface area contributed by atoms with Crippen LogP contribution in [0.25, 0.3) is 5.69 Å². The highest BCUT2D eigenvalue weighted by Crippen LogP contribution is 2.18. The summed E-state index contributed by atoms with van der Waals surface area (Å²) >= 11 is 1.57. The van der Waals surface area contributed by atoms with Crippen LogP contribution in [0.4, 0.5) is 0 Å². The zero-order valence-electron chi connectivity index (χ0n) is 11.9. The van der Waals surface area contributed by atoms with Gasteiger partial charge in [-0.2, -0.15) is 5.10 Å². The van der Waals surface area contributed by atoms with Crippen LogP contribution >= 0.6 is 11.3 Å². The fraction of sp³-hybridized carbons (Fsp3) is 0.188. The third-order valence-corrected chi connectivity index (χ3v) is 4.35. The Morgan fingerprint density at radius 1 is 1.19 bits per heavy atom. The first-order valence-corrected chi connectivity index (χ1v) is 7.52. The van der Waals surface area contributed by atoms with Crippen molar-refractivity contribution in [3.05, 3.63) is 63.9 Å². The van der Waals surface area contributed by atoms with Crippen LogP contribution in [0, 0.1) is 13.8 Å². The maximum Gasteiger partial charge on any atom is 0.189 e. The molecule has 0 saturated heterocycles. The van der Waals surface area contributed by atoms with E-state index in [0.717, 1.165) is 21.3 Å². The minimum absolute atomic E-state index is 0.00145. The molecular weight excluding hydrogens is 282 g/mol. The summed E-state index contributed by atoms with van der Waals surface area (Å²) in [7, 11) is 0. The molecule has 0 radical (unpaired) electrons. The van der Waals surface area contributed by atoms with Gasteiger partial charge in [-0.25, -0.2) is 9.67 Å². The van der Waals surface area contributed by atoms with Gasteiger partial charge in [0.05, 0.1) is 17.8 Å². The van der Waals surface area contributed by atoms with Crippen LogP contribution in [0.2, 0.25) is 0 Å². The number of hydrogen-bond donors (Lipinski definition) is 0. The molecule has 3 rings (SSSR count). The molecule has 1 aromatic carbocycles. The molecule has 0 unspecified atom stereocenters. The number of carbonyl (C=O) groups excluding carboxylic acids is 1. The molecule has 2 aromatic heterocycles. The summed E-state index contributed by atoms with van der Waals surface area (Å²) in [6.07, 6.45) is 2.12. The molecule has 0 amide bonds. The van der Waals surface area contributed by atoms with Crippen LogP contribution in [-0.2, 0) is 6.42 Å². The largest absolute Gasteiger partial charge is 0.292 e. The quantitative estimate of drug-likeness (QED) is 0.694. The monoisotopic (exact) mass is 297 g/mol. The van der Waals surface area contributed by atoms with Gasteiger partial charge in [-0.1, -0.05) is 18.2 Å². The Bertz CT molecular complexity index is 754. The molecule has 0 atom stereocenters. The summed E-state index contributed by atoms with van der Waals surface area (Å²) in [5, 5.41) is 5.20. The van der Waals surface area contributed by atoms with Crippen molar-refractivity contribution in [3.8, 4) is 5.69 Å². The number of Topliss-reactive ketones (excluding diaryl/α,β-unsaturated/α-hetero) is 1. The Labute approximate surface area is 127 Å². The Morgan fingerprint density at radius 3 is 2.62 bits per heavy atom. The van der Waals surface area contributed by atoms with Crippen molar-refractivity contribution >= 4 is 17.1 Å². The topological polar surface area (TPSA) is 47.8 Å². The van der Waals surface area contributed by atoms with Gasteiger partial charge >= 0.3 is 0 Å². The summed E-state index contributed by atoms with van der Waals surface area (Å²) in [5.41, 5.74) is 2.42. The average molecular weight is 297 g/mol. The molecule has 2 heterocycles. The van der Waals surface area contributed by atoms with Gasteiger partial charge in [-0.15, -0.1) is 11.3 Å². The molecule has 3 aromatic rings. The van der Waals surface area contributed by atoms with Crippen LogP contribution in [0.5, 0.6) is 0 Å². The van der Waals surface area contributed by atoms with Crippen LogP contribution in [0.15, 0.2) is 42.6 Å². The average Bonchev–Trinajstić information content (AvgIpc) is 3.08. The third-order valence-electron chi connectivity index (χ3n) is 3.28. The first-order chi connectivity index (χ1) is 10.1. The van der Waals surface area contributed by atoms with Crippen molar-refractivity contribution in [2.24, 2.45) is 0 Å². The second-order valence-electron chi connectivity index (χ2n) is 4.83. The fourth-order valence-electron chi connectivity index (χ4n) is 2.04. The molecule has 4 nitrogen and oxygen atoms in total. The number of aromatic nitrogens is 3. The highest BCUT2D eigenvalue weighted by atomic mass is 32.1. The highest BCUT2D eigenvalue weighted by molar-refractivity contribution is 7.11. The van der Waals surface area contributed by atoms with Gasteiger partial charge in [-0.05, 0) is 32.0 Å². The van der Waals surface area contributed by atoms with E-state index in [0.29, 0.717) is 12.1 Å². The molecule has 0 saturated carbocycles. The van der Waals surface area contributed by atoms with Crippen molar-refractivity contribution in [2.45, 2.75) is 20.3 Å².